The summed E-state index contributed by atoms with van der Waals surface area (Å²) in [6.45, 7) is 3.74. The Balaban J connectivity index is 1.35. The molecule has 2 atom stereocenters. The van der Waals surface area contributed by atoms with Gasteiger partial charge in [-0.15, -0.1) is 4.99 Å². The minimum Gasteiger partial charge on any atom is -0.488 e. The number of morpholine rings is 1. The lowest BCUT2D eigenvalue weighted by atomic mass is 9.92. The predicted molar refractivity (Wildman–Crippen MR) is 141 cm³/mol. The van der Waals surface area contributed by atoms with Gasteiger partial charge >= 0.3 is 0 Å². The van der Waals surface area contributed by atoms with Gasteiger partial charge < -0.3 is 19.0 Å². The molecule has 0 radical (unpaired) electrons. The second-order valence-electron chi connectivity index (χ2n) is 10.1. The van der Waals surface area contributed by atoms with Gasteiger partial charge in [-0.1, -0.05) is 30.3 Å². The Morgan fingerprint density at radius 3 is 2.89 bits per heavy atom. The quantitative estimate of drug-likeness (QED) is 0.402. The number of H-pyrrole nitrogens is 1. The summed E-state index contributed by atoms with van der Waals surface area (Å²) in [5.41, 5.74) is 7.39. The summed E-state index contributed by atoms with van der Waals surface area (Å²) >= 11 is 0. The van der Waals surface area contributed by atoms with E-state index in [1.165, 1.54) is 12.1 Å². The number of benzene rings is 3. The van der Waals surface area contributed by atoms with E-state index in [-0.39, 0.29) is 11.9 Å². The highest BCUT2D eigenvalue weighted by Crippen LogP contribution is 2.38. The van der Waals surface area contributed by atoms with E-state index in [4.69, 9.17) is 9.47 Å². The lowest BCUT2D eigenvalue weighted by Crippen LogP contribution is -2.40. The third-order valence-electron chi connectivity index (χ3n) is 7.85. The van der Waals surface area contributed by atoms with Gasteiger partial charge in [-0.3, -0.25) is 4.90 Å². The van der Waals surface area contributed by atoms with E-state index in [0.717, 1.165) is 71.6 Å². The van der Waals surface area contributed by atoms with Crippen molar-refractivity contribution in [3.8, 4) is 11.9 Å². The van der Waals surface area contributed by atoms with Crippen LogP contribution in [0.2, 0.25) is 0 Å². The lowest BCUT2D eigenvalue weighted by Gasteiger charge is -2.28. The molecule has 0 aliphatic carbocycles. The third-order valence-corrected chi connectivity index (χ3v) is 7.85. The van der Waals surface area contributed by atoms with Crippen LogP contribution in [0.4, 0.5) is 4.39 Å². The predicted octanol–water partition coefficient (Wildman–Crippen LogP) is 4.62. The molecule has 4 heterocycles. The van der Waals surface area contributed by atoms with E-state index in [0.29, 0.717) is 24.0 Å². The second-order valence-corrected chi connectivity index (χ2v) is 10.1. The average molecular weight is 508 g/mol. The summed E-state index contributed by atoms with van der Waals surface area (Å²) < 4.78 is 27.9. The fourth-order valence-corrected chi connectivity index (χ4v) is 6.11. The molecule has 3 aliphatic rings. The number of imidazole rings is 1. The molecule has 1 N–H and O–H groups in total. The maximum atomic E-state index is 14.1. The molecule has 38 heavy (non-hydrogen) atoms. The van der Waals surface area contributed by atoms with Gasteiger partial charge in [0.1, 0.15) is 18.2 Å². The Morgan fingerprint density at radius 1 is 1.08 bits per heavy atom. The van der Waals surface area contributed by atoms with Crippen LogP contribution >= 0.6 is 0 Å². The number of nitrogens with one attached hydrogen (secondary N) is 1. The van der Waals surface area contributed by atoms with E-state index >= 15 is 0 Å². The Hall–Kier alpha value is -4.19. The molecule has 3 aliphatic heterocycles. The molecule has 1 aromatic heterocycles. The summed E-state index contributed by atoms with van der Waals surface area (Å²) in [7, 11) is 0. The first-order valence-corrected chi connectivity index (χ1v) is 12.9. The highest BCUT2D eigenvalue weighted by atomic mass is 19.1. The number of hydrogen-bond acceptors (Lipinski definition) is 5. The molecule has 190 valence electrons. The fraction of sp³-hybridized carbons (Fsp3) is 0.267. The van der Waals surface area contributed by atoms with Gasteiger partial charge in [0.05, 0.1) is 30.3 Å². The number of ether oxygens (including phenoxy) is 2. The minimum absolute atomic E-state index is 0.208. The molecule has 7 nitrogen and oxygen atoms in total. The monoisotopic (exact) mass is 507 g/mol. The third kappa shape index (κ3) is 3.92. The van der Waals surface area contributed by atoms with Crippen LogP contribution in [0.3, 0.4) is 0 Å². The summed E-state index contributed by atoms with van der Waals surface area (Å²) in [5, 5.41) is 9.39. The number of nitriles is 1. The van der Waals surface area contributed by atoms with Crippen LogP contribution in [0.5, 0.6) is 5.75 Å². The number of aromatic amines is 1. The Morgan fingerprint density at radius 2 is 2.00 bits per heavy atom. The van der Waals surface area contributed by atoms with Crippen molar-refractivity contribution in [1.29, 1.82) is 5.26 Å². The molecule has 4 aromatic rings. The van der Waals surface area contributed by atoms with Crippen molar-refractivity contribution >= 4 is 22.7 Å². The molecule has 0 unspecified atom stereocenters. The SMILES string of the molecule is N#C/N=c1\[nH]c2cc(/C=C3\c4ccccc4COc4cc(F)ccc43)ccc2n1[C@@H]1C[C@@H]2COCCN2C1. The topological polar surface area (TPSA) is 78.6 Å². The number of halogens is 1. The van der Waals surface area contributed by atoms with Gasteiger partial charge in [-0.05, 0) is 59.0 Å². The van der Waals surface area contributed by atoms with Gasteiger partial charge in [0, 0.05) is 30.8 Å². The van der Waals surface area contributed by atoms with Crippen molar-refractivity contribution in [2.45, 2.75) is 25.1 Å². The van der Waals surface area contributed by atoms with Gasteiger partial charge in [0.2, 0.25) is 11.8 Å². The first-order chi connectivity index (χ1) is 18.7. The zero-order valence-electron chi connectivity index (χ0n) is 20.7. The standard InChI is InChI=1S/C30H26FN5O2/c31-21-6-7-25-26(24-4-2-1-3-20(24)16-38-29(25)13-21)11-19-5-8-28-27(12-19)34-30(33-18-32)36(28)22-14-23-17-37-10-9-35(23)15-22/h1-8,11-13,22-23H,9-10,14-17H2,(H,33,34)/b26-11+/t22-,23-/m1/s1. The van der Waals surface area contributed by atoms with E-state index < -0.39 is 0 Å². The summed E-state index contributed by atoms with van der Waals surface area (Å²) in [5.74, 6) is 0.206. The summed E-state index contributed by atoms with van der Waals surface area (Å²) in [6, 6.07) is 19.7. The molecule has 0 saturated carbocycles. The molecule has 8 heteroatoms. The largest absolute Gasteiger partial charge is 0.488 e. The molecule has 0 spiro atoms. The summed E-state index contributed by atoms with van der Waals surface area (Å²) in [6.07, 6.45) is 5.04. The van der Waals surface area contributed by atoms with Gasteiger partial charge in [-0.25, -0.2) is 4.39 Å². The van der Waals surface area contributed by atoms with E-state index in [1.54, 1.807) is 6.07 Å². The average Bonchev–Trinajstić information content (AvgIpc) is 3.47. The number of rotatable bonds is 2. The zero-order chi connectivity index (χ0) is 25.6. The van der Waals surface area contributed by atoms with Crippen LogP contribution in [0.25, 0.3) is 22.7 Å². The maximum Gasteiger partial charge on any atom is 0.219 e. The smallest absolute Gasteiger partial charge is 0.219 e. The van der Waals surface area contributed by atoms with Gasteiger partial charge in [-0.2, -0.15) is 5.26 Å². The summed E-state index contributed by atoms with van der Waals surface area (Å²) in [4.78, 5) is 9.98. The minimum atomic E-state index is -0.324. The Bertz CT molecular complexity index is 1680. The number of fused-ring (bicyclic) bond motifs is 4. The van der Waals surface area contributed by atoms with Crippen molar-refractivity contribution in [2.75, 3.05) is 26.3 Å². The van der Waals surface area contributed by atoms with Crippen LogP contribution in [0.15, 0.2) is 65.7 Å². The van der Waals surface area contributed by atoms with Crippen LogP contribution < -0.4 is 10.4 Å². The molecule has 0 amide bonds. The van der Waals surface area contributed by atoms with Crippen molar-refractivity contribution in [3.63, 3.8) is 0 Å². The van der Waals surface area contributed by atoms with Crippen molar-refractivity contribution in [1.82, 2.24) is 14.5 Å². The Labute approximate surface area is 219 Å². The molecular weight excluding hydrogens is 481 g/mol. The van der Waals surface area contributed by atoms with Crippen LogP contribution in [-0.4, -0.2) is 46.8 Å². The van der Waals surface area contributed by atoms with Crippen molar-refractivity contribution in [2.24, 2.45) is 4.99 Å². The number of hydrogen-bond donors (Lipinski definition) is 1. The van der Waals surface area contributed by atoms with Crippen LogP contribution in [-0.2, 0) is 11.3 Å². The lowest BCUT2D eigenvalue weighted by molar-refractivity contribution is 0.0128. The first kappa shape index (κ1) is 23.0. The molecule has 3 aromatic carbocycles. The van der Waals surface area contributed by atoms with Crippen molar-refractivity contribution < 1.29 is 13.9 Å². The van der Waals surface area contributed by atoms with E-state index in [9.17, 15) is 9.65 Å². The van der Waals surface area contributed by atoms with Crippen molar-refractivity contribution in [3.05, 3.63) is 94.4 Å². The number of nitrogens with zero attached hydrogens (tertiary/aromatic N) is 4. The molecular formula is C30H26FN5O2. The van der Waals surface area contributed by atoms with E-state index in [2.05, 4.69) is 49.8 Å². The van der Waals surface area contributed by atoms with Gasteiger partial charge in [0.15, 0.2) is 0 Å². The first-order valence-electron chi connectivity index (χ1n) is 12.9. The number of aromatic nitrogens is 2. The highest BCUT2D eigenvalue weighted by Gasteiger charge is 2.36. The molecule has 2 saturated heterocycles. The molecule has 0 bridgehead atoms. The fourth-order valence-electron chi connectivity index (χ4n) is 6.11. The second kappa shape index (κ2) is 9.28. The van der Waals surface area contributed by atoms with Crippen LogP contribution in [0, 0.1) is 17.3 Å². The molecule has 2 fully saturated rings. The normalized spacial score (nSPS) is 22.4. The van der Waals surface area contributed by atoms with E-state index in [1.807, 2.05) is 24.4 Å². The highest BCUT2D eigenvalue weighted by molar-refractivity contribution is 5.95. The maximum absolute atomic E-state index is 14.1. The van der Waals surface area contributed by atoms with Gasteiger partial charge in [0.25, 0.3) is 0 Å². The Kier molecular flexibility index (Phi) is 5.61. The zero-order valence-corrected chi connectivity index (χ0v) is 20.7. The molecule has 7 rings (SSSR count). The van der Waals surface area contributed by atoms with Crippen LogP contribution in [0.1, 0.15) is 34.7 Å².